The first-order chi connectivity index (χ1) is 10.9. The van der Waals surface area contributed by atoms with Crippen LogP contribution >= 0.6 is 11.3 Å². The van der Waals surface area contributed by atoms with Crippen molar-refractivity contribution in [1.29, 1.82) is 0 Å². The maximum Gasteiger partial charge on any atom is 0.266 e. The summed E-state index contributed by atoms with van der Waals surface area (Å²) in [5.41, 5.74) is 2.74. The summed E-state index contributed by atoms with van der Waals surface area (Å²) < 4.78 is 13.8. The zero-order valence-corrected chi connectivity index (χ0v) is 14.1. The van der Waals surface area contributed by atoms with Crippen LogP contribution in [0.2, 0.25) is 0 Å². The summed E-state index contributed by atoms with van der Waals surface area (Å²) >= 11 is 1.30. The van der Waals surface area contributed by atoms with Crippen molar-refractivity contribution in [1.82, 2.24) is 9.97 Å². The van der Waals surface area contributed by atoms with Gasteiger partial charge in [-0.25, -0.2) is 14.4 Å². The molecule has 3 aromatic rings. The SMILES string of the molecule is Cc1ccc(F)c(NC(=O)c2sc3nc(C)nc(C)c3c2C)c1. The molecule has 23 heavy (non-hydrogen) atoms. The number of thiophene rings is 1. The number of aromatic nitrogens is 2. The van der Waals surface area contributed by atoms with Gasteiger partial charge in [0, 0.05) is 11.1 Å². The molecule has 1 N–H and O–H groups in total. The summed E-state index contributed by atoms with van der Waals surface area (Å²) in [6, 6.07) is 4.63. The zero-order chi connectivity index (χ0) is 16.7. The van der Waals surface area contributed by atoms with Crippen molar-refractivity contribution in [2.75, 3.05) is 5.32 Å². The number of rotatable bonds is 2. The Labute approximate surface area is 137 Å². The third-order valence-electron chi connectivity index (χ3n) is 3.66. The smallest absolute Gasteiger partial charge is 0.266 e. The van der Waals surface area contributed by atoms with E-state index in [1.165, 1.54) is 17.4 Å². The third kappa shape index (κ3) is 2.82. The third-order valence-corrected chi connectivity index (χ3v) is 4.84. The number of nitrogens with one attached hydrogen (secondary N) is 1. The molecule has 2 heterocycles. The Hall–Kier alpha value is -2.34. The minimum absolute atomic E-state index is 0.186. The molecule has 6 heteroatoms. The lowest BCUT2D eigenvalue weighted by atomic mass is 10.1. The normalized spacial score (nSPS) is 11.0. The summed E-state index contributed by atoms with van der Waals surface area (Å²) in [6.07, 6.45) is 0. The van der Waals surface area contributed by atoms with E-state index in [1.807, 2.05) is 27.7 Å². The Balaban J connectivity index is 2.03. The number of anilines is 1. The van der Waals surface area contributed by atoms with Gasteiger partial charge in [0.05, 0.1) is 10.6 Å². The molecule has 3 rings (SSSR count). The molecule has 4 nitrogen and oxygen atoms in total. The number of hydrogen-bond donors (Lipinski definition) is 1. The highest BCUT2D eigenvalue weighted by Gasteiger charge is 2.19. The molecule has 1 amide bonds. The van der Waals surface area contributed by atoms with Gasteiger partial charge in [-0.05, 0) is 51.0 Å². The Bertz CT molecular complexity index is 933. The highest BCUT2D eigenvalue weighted by Crippen LogP contribution is 2.32. The predicted molar refractivity (Wildman–Crippen MR) is 90.7 cm³/mol. The quantitative estimate of drug-likeness (QED) is 0.762. The Morgan fingerprint density at radius 1 is 1.17 bits per heavy atom. The van der Waals surface area contributed by atoms with Crippen molar-refractivity contribution in [2.24, 2.45) is 0 Å². The molecule has 0 aliphatic heterocycles. The van der Waals surface area contributed by atoms with E-state index in [9.17, 15) is 9.18 Å². The van der Waals surface area contributed by atoms with Crippen molar-refractivity contribution in [2.45, 2.75) is 27.7 Å². The number of carbonyl (C=O) groups is 1. The first kappa shape index (κ1) is 15.6. The van der Waals surface area contributed by atoms with Gasteiger partial charge >= 0.3 is 0 Å². The van der Waals surface area contributed by atoms with E-state index in [-0.39, 0.29) is 11.6 Å². The summed E-state index contributed by atoms with van der Waals surface area (Å²) in [7, 11) is 0. The molecule has 0 radical (unpaired) electrons. The van der Waals surface area contributed by atoms with Gasteiger partial charge in [0.1, 0.15) is 16.5 Å². The summed E-state index contributed by atoms with van der Waals surface area (Å²) in [5.74, 6) is -0.102. The summed E-state index contributed by atoms with van der Waals surface area (Å²) in [5, 5.41) is 3.55. The summed E-state index contributed by atoms with van der Waals surface area (Å²) in [6.45, 7) is 7.44. The van der Waals surface area contributed by atoms with Crippen LogP contribution in [0.3, 0.4) is 0 Å². The first-order valence-electron chi connectivity index (χ1n) is 7.18. The van der Waals surface area contributed by atoms with Gasteiger partial charge in [-0.3, -0.25) is 4.79 Å². The second-order valence-corrected chi connectivity index (χ2v) is 6.53. The lowest BCUT2D eigenvalue weighted by Crippen LogP contribution is -2.12. The van der Waals surface area contributed by atoms with E-state index in [1.54, 1.807) is 12.1 Å². The van der Waals surface area contributed by atoms with Gasteiger partial charge in [0.2, 0.25) is 0 Å². The Kier molecular flexibility index (Phi) is 3.85. The maximum absolute atomic E-state index is 13.8. The molecule has 0 unspecified atom stereocenters. The molecule has 0 aliphatic carbocycles. The minimum atomic E-state index is -0.450. The van der Waals surface area contributed by atoms with Gasteiger partial charge < -0.3 is 5.32 Å². The largest absolute Gasteiger partial charge is 0.319 e. The van der Waals surface area contributed by atoms with Crippen LogP contribution < -0.4 is 5.32 Å². The van der Waals surface area contributed by atoms with E-state index >= 15 is 0 Å². The topological polar surface area (TPSA) is 54.9 Å². The molecule has 1 aromatic carbocycles. The highest BCUT2D eigenvalue weighted by atomic mass is 32.1. The van der Waals surface area contributed by atoms with Crippen LogP contribution in [-0.4, -0.2) is 15.9 Å². The van der Waals surface area contributed by atoms with E-state index in [0.29, 0.717) is 10.7 Å². The molecule has 0 saturated heterocycles. The number of amides is 1. The van der Waals surface area contributed by atoms with E-state index in [0.717, 1.165) is 27.0 Å². The minimum Gasteiger partial charge on any atom is -0.319 e. The average molecular weight is 329 g/mol. The van der Waals surface area contributed by atoms with Crippen LogP contribution in [0, 0.1) is 33.5 Å². The fraction of sp³-hybridized carbons (Fsp3) is 0.235. The number of hydrogen-bond acceptors (Lipinski definition) is 4. The lowest BCUT2D eigenvalue weighted by Gasteiger charge is -2.07. The number of carbonyl (C=O) groups excluding carboxylic acids is 1. The lowest BCUT2D eigenvalue weighted by molar-refractivity contribution is 0.102. The standard InChI is InChI=1S/C17H16FN3OS/c1-8-5-6-12(18)13(7-8)21-16(22)15-9(2)14-10(3)19-11(4)20-17(14)23-15/h5-7H,1-4H3,(H,21,22). The molecule has 118 valence electrons. The fourth-order valence-electron chi connectivity index (χ4n) is 2.60. The van der Waals surface area contributed by atoms with E-state index in [2.05, 4.69) is 15.3 Å². The second-order valence-electron chi connectivity index (χ2n) is 5.53. The van der Waals surface area contributed by atoms with Crippen LogP contribution in [0.25, 0.3) is 10.2 Å². The van der Waals surface area contributed by atoms with E-state index in [4.69, 9.17) is 0 Å². The van der Waals surface area contributed by atoms with Crippen LogP contribution in [-0.2, 0) is 0 Å². The van der Waals surface area contributed by atoms with Crippen molar-refractivity contribution < 1.29 is 9.18 Å². The van der Waals surface area contributed by atoms with Crippen LogP contribution in [0.4, 0.5) is 10.1 Å². The van der Waals surface area contributed by atoms with E-state index < -0.39 is 5.82 Å². The number of benzene rings is 1. The number of halogens is 1. The molecular formula is C17H16FN3OS. The van der Waals surface area contributed by atoms with Gasteiger partial charge in [-0.2, -0.15) is 0 Å². The Morgan fingerprint density at radius 3 is 2.65 bits per heavy atom. The molecule has 0 aliphatic rings. The number of nitrogens with zero attached hydrogens (tertiary/aromatic N) is 2. The molecule has 0 atom stereocenters. The van der Waals surface area contributed by atoms with Gasteiger partial charge in [-0.15, -0.1) is 11.3 Å². The van der Waals surface area contributed by atoms with Gasteiger partial charge in [0.25, 0.3) is 5.91 Å². The molecule has 0 bridgehead atoms. The molecule has 2 aromatic heterocycles. The van der Waals surface area contributed by atoms with Gasteiger partial charge in [-0.1, -0.05) is 6.07 Å². The van der Waals surface area contributed by atoms with Crippen LogP contribution in [0.15, 0.2) is 18.2 Å². The molecule has 0 spiro atoms. The van der Waals surface area contributed by atoms with Crippen molar-refractivity contribution in [3.8, 4) is 0 Å². The predicted octanol–water partition coefficient (Wildman–Crippen LogP) is 4.32. The fourth-order valence-corrected chi connectivity index (χ4v) is 3.78. The van der Waals surface area contributed by atoms with Gasteiger partial charge in [0.15, 0.2) is 0 Å². The number of aryl methyl sites for hydroxylation is 4. The number of fused-ring (bicyclic) bond motifs is 1. The molecule has 0 saturated carbocycles. The van der Waals surface area contributed by atoms with Crippen molar-refractivity contribution in [3.05, 3.63) is 51.5 Å². The molecule has 0 fully saturated rings. The molecular weight excluding hydrogens is 313 g/mol. The van der Waals surface area contributed by atoms with Crippen LogP contribution in [0.5, 0.6) is 0 Å². The highest BCUT2D eigenvalue weighted by molar-refractivity contribution is 7.20. The monoisotopic (exact) mass is 329 g/mol. The average Bonchev–Trinajstić information content (AvgIpc) is 2.80. The van der Waals surface area contributed by atoms with Crippen molar-refractivity contribution >= 4 is 33.1 Å². The van der Waals surface area contributed by atoms with Crippen molar-refractivity contribution in [3.63, 3.8) is 0 Å². The second kappa shape index (κ2) is 5.70. The maximum atomic E-state index is 13.8. The zero-order valence-electron chi connectivity index (χ0n) is 13.3. The summed E-state index contributed by atoms with van der Waals surface area (Å²) in [4.78, 5) is 22.6. The van der Waals surface area contributed by atoms with Crippen LogP contribution in [0.1, 0.15) is 32.3 Å². The Morgan fingerprint density at radius 2 is 1.91 bits per heavy atom. The first-order valence-corrected chi connectivity index (χ1v) is 8.00.